The number of nitrogen functional groups attached to an aromatic ring is 1. The molecule has 0 unspecified atom stereocenters. The molecule has 0 atom stereocenters. The molecule has 1 aliphatic rings. The minimum atomic E-state index is -3.55. The van der Waals surface area contributed by atoms with Crippen LogP contribution in [-0.2, 0) is 10.0 Å². The first kappa shape index (κ1) is 14.2. The van der Waals surface area contributed by atoms with E-state index in [9.17, 15) is 8.42 Å². The maximum absolute atomic E-state index is 12.6. The van der Waals surface area contributed by atoms with E-state index in [1.807, 2.05) is 0 Å². The highest BCUT2D eigenvalue weighted by atomic mass is 32.2. The standard InChI is InChI=1S/C12H19N3O3S/c13-12-9-11(5-6-14-12)19(17,18)15(7-2-8-16)10-3-1-4-10/h5-6,9-10,16H,1-4,7-8H2,(H2,13,14). The summed E-state index contributed by atoms with van der Waals surface area (Å²) in [5, 5.41) is 8.92. The highest BCUT2D eigenvalue weighted by Gasteiger charge is 2.34. The molecule has 0 amide bonds. The van der Waals surface area contributed by atoms with Crippen LogP contribution in [0.5, 0.6) is 0 Å². The quantitative estimate of drug-likeness (QED) is 0.797. The van der Waals surface area contributed by atoms with Crippen LogP contribution in [0.2, 0.25) is 0 Å². The molecule has 0 aromatic carbocycles. The fourth-order valence-electron chi connectivity index (χ4n) is 2.12. The van der Waals surface area contributed by atoms with Gasteiger partial charge in [-0.1, -0.05) is 6.42 Å². The second-order valence-corrected chi connectivity index (χ2v) is 6.58. The van der Waals surface area contributed by atoms with Crippen LogP contribution in [0.15, 0.2) is 23.2 Å². The van der Waals surface area contributed by atoms with Crippen molar-refractivity contribution < 1.29 is 13.5 Å². The minimum Gasteiger partial charge on any atom is -0.396 e. The predicted molar refractivity (Wildman–Crippen MR) is 71.9 cm³/mol. The molecule has 7 heteroatoms. The molecule has 1 aliphatic carbocycles. The third-order valence-corrected chi connectivity index (χ3v) is 5.33. The van der Waals surface area contributed by atoms with Crippen molar-refractivity contribution in [3.63, 3.8) is 0 Å². The maximum atomic E-state index is 12.6. The fourth-order valence-corrected chi connectivity index (χ4v) is 3.87. The first-order valence-corrected chi connectivity index (χ1v) is 7.84. The van der Waals surface area contributed by atoms with Crippen molar-refractivity contribution in [1.29, 1.82) is 0 Å². The number of nitrogens with two attached hydrogens (primary N) is 1. The molecule has 6 nitrogen and oxygen atoms in total. The van der Waals surface area contributed by atoms with Gasteiger partial charge in [0.25, 0.3) is 0 Å². The SMILES string of the molecule is Nc1cc(S(=O)(=O)N(CCCO)C2CCC2)ccn1. The molecule has 19 heavy (non-hydrogen) atoms. The minimum absolute atomic E-state index is 0.0166. The Morgan fingerprint density at radius 1 is 1.47 bits per heavy atom. The third-order valence-electron chi connectivity index (χ3n) is 3.38. The van der Waals surface area contributed by atoms with Gasteiger partial charge in [0.2, 0.25) is 10.0 Å². The van der Waals surface area contributed by atoms with Gasteiger partial charge in [-0.15, -0.1) is 0 Å². The van der Waals surface area contributed by atoms with Gasteiger partial charge in [-0.25, -0.2) is 13.4 Å². The van der Waals surface area contributed by atoms with E-state index in [-0.39, 0.29) is 23.4 Å². The van der Waals surface area contributed by atoms with E-state index < -0.39 is 10.0 Å². The summed E-state index contributed by atoms with van der Waals surface area (Å²) in [4.78, 5) is 3.98. The van der Waals surface area contributed by atoms with Gasteiger partial charge in [-0.2, -0.15) is 4.31 Å². The van der Waals surface area contributed by atoms with Crippen LogP contribution in [0, 0.1) is 0 Å². The van der Waals surface area contributed by atoms with E-state index in [0.717, 1.165) is 19.3 Å². The van der Waals surface area contributed by atoms with E-state index in [2.05, 4.69) is 4.98 Å². The summed E-state index contributed by atoms with van der Waals surface area (Å²) in [5.74, 6) is 0.191. The number of pyridine rings is 1. The molecule has 1 saturated carbocycles. The Morgan fingerprint density at radius 2 is 2.21 bits per heavy atom. The first-order chi connectivity index (χ1) is 9.05. The van der Waals surface area contributed by atoms with Crippen molar-refractivity contribution in [1.82, 2.24) is 9.29 Å². The monoisotopic (exact) mass is 285 g/mol. The highest BCUT2D eigenvalue weighted by molar-refractivity contribution is 7.89. The lowest BCUT2D eigenvalue weighted by Gasteiger charge is -2.36. The summed E-state index contributed by atoms with van der Waals surface area (Å²) in [5.41, 5.74) is 5.54. The van der Waals surface area contributed by atoms with Crippen LogP contribution in [0.1, 0.15) is 25.7 Å². The lowest BCUT2D eigenvalue weighted by Crippen LogP contribution is -2.44. The number of hydrogen-bond donors (Lipinski definition) is 2. The third kappa shape index (κ3) is 3.05. The van der Waals surface area contributed by atoms with Gasteiger partial charge in [0.15, 0.2) is 0 Å². The van der Waals surface area contributed by atoms with Crippen molar-refractivity contribution in [2.24, 2.45) is 0 Å². The van der Waals surface area contributed by atoms with E-state index >= 15 is 0 Å². The van der Waals surface area contributed by atoms with Gasteiger partial charge in [0, 0.05) is 31.5 Å². The summed E-state index contributed by atoms with van der Waals surface area (Å²) in [6.45, 7) is 0.322. The van der Waals surface area contributed by atoms with Gasteiger partial charge in [0.1, 0.15) is 5.82 Å². The maximum Gasteiger partial charge on any atom is 0.243 e. The zero-order valence-electron chi connectivity index (χ0n) is 10.7. The second kappa shape index (κ2) is 5.85. The van der Waals surface area contributed by atoms with Gasteiger partial charge in [-0.05, 0) is 25.3 Å². The second-order valence-electron chi connectivity index (χ2n) is 4.69. The Hall–Kier alpha value is -1.18. The summed E-state index contributed by atoms with van der Waals surface area (Å²) in [7, 11) is -3.55. The summed E-state index contributed by atoms with van der Waals surface area (Å²) in [6.07, 6.45) is 4.65. The van der Waals surface area contributed by atoms with Crippen LogP contribution in [0.3, 0.4) is 0 Å². The van der Waals surface area contributed by atoms with E-state index in [4.69, 9.17) is 10.8 Å². The van der Waals surface area contributed by atoms with Crippen molar-refractivity contribution in [2.45, 2.75) is 36.6 Å². The largest absolute Gasteiger partial charge is 0.396 e. The zero-order valence-corrected chi connectivity index (χ0v) is 11.5. The number of sulfonamides is 1. The van der Waals surface area contributed by atoms with Crippen molar-refractivity contribution >= 4 is 15.8 Å². The van der Waals surface area contributed by atoms with E-state index in [0.29, 0.717) is 13.0 Å². The topological polar surface area (TPSA) is 96.5 Å². The molecule has 1 fully saturated rings. The Kier molecular flexibility index (Phi) is 4.38. The lowest BCUT2D eigenvalue weighted by molar-refractivity contribution is 0.198. The van der Waals surface area contributed by atoms with Crippen molar-refractivity contribution in [2.75, 3.05) is 18.9 Å². The predicted octanol–water partition coefficient (Wildman–Crippen LogP) is 0.589. The molecule has 0 saturated heterocycles. The number of aliphatic hydroxyl groups excluding tert-OH is 1. The van der Waals surface area contributed by atoms with Crippen LogP contribution >= 0.6 is 0 Å². The number of anilines is 1. The average molecular weight is 285 g/mol. The van der Waals surface area contributed by atoms with Crippen molar-refractivity contribution in [3.8, 4) is 0 Å². The summed E-state index contributed by atoms with van der Waals surface area (Å²) < 4.78 is 26.7. The van der Waals surface area contributed by atoms with E-state index in [1.54, 1.807) is 0 Å². The van der Waals surface area contributed by atoms with Gasteiger partial charge in [0.05, 0.1) is 4.90 Å². The molecule has 0 aliphatic heterocycles. The van der Waals surface area contributed by atoms with Crippen LogP contribution in [0.25, 0.3) is 0 Å². The molecular weight excluding hydrogens is 266 g/mol. The summed E-state index contributed by atoms with van der Waals surface area (Å²) >= 11 is 0. The van der Waals surface area contributed by atoms with Crippen molar-refractivity contribution in [3.05, 3.63) is 18.3 Å². The Bertz CT molecular complexity index is 529. The molecule has 1 aromatic heterocycles. The Labute approximate surface area is 113 Å². The van der Waals surface area contributed by atoms with Crippen LogP contribution in [-0.4, -0.2) is 42.0 Å². The Morgan fingerprint density at radius 3 is 2.74 bits per heavy atom. The molecular formula is C12H19N3O3S. The smallest absolute Gasteiger partial charge is 0.243 e. The molecule has 2 rings (SSSR count). The number of rotatable bonds is 6. The molecule has 0 radical (unpaired) electrons. The number of aromatic nitrogens is 1. The van der Waals surface area contributed by atoms with Crippen LogP contribution in [0.4, 0.5) is 5.82 Å². The molecule has 1 heterocycles. The number of hydrogen-bond acceptors (Lipinski definition) is 5. The van der Waals surface area contributed by atoms with Crippen LogP contribution < -0.4 is 5.73 Å². The molecule has 0 spiro atoms. The average Bonchev–Trinajstić information content (AvgIpc) is 2.31. The molecule has 0 bridgehead atoms. The van der Waals surface area contributed by atoms with E-state index in [1.165, 1.54) is 22.6 Å². The fraction of sp³-hybridized carbons (Fsp3) is 0.583. The Balaban J connectivity index is 2.27. The summed E-state index contributed by atoms with van der Waals surface area (Å²) in [6, 6.07) is 2.88. The zero-order chi connectivity index (χ0) is 13.9. The number of aliphatic hydroxyl groups is 1. The molecule has 106 valence electrons. The van der Waals surface area contributed by atoms with Gasteiger partial charge in [-0.3, -0.25) is 0 Å². The first-order valence-electron chi connectivity index (χ1n) is 6.40. The van der Waals surface area contributed by atoms with Gasteiger partial charge >= 0.3 is 0 Å². The normalized spacial score (nSPS) is 16.5. The molecule has 1 aromatic rings. The van der Waals surface area contributed by atoms with Gasteiger partial charge < -0.3 is 10.8 Å². The lowest BCUT2D eigenvalue weighted by atomic mass is 9.93. The highest BCUT2D eigenvalue weighted by Crippen LogP contribution is 2.30. The number of nitrogens with zero attached hydrogens (tertiary/aromatic N) is 2. The molecule has 3 N–H and O–H groups in total.